The Hall–Kier alpha value is -2.10. The first kappa shape index (κ1) is 15.8. The van der Waals surface area contributed by atoms with Gasteiger partial charge in [0.25, 0.3) is 0 Å². The molecule has 1 unspecified atom stereocenters. The van der Waals surface area contributed by atoms with Gasteiger partial charge < -0.3 is 9.67 Å². The number of imidazole rings is 1. The van der Waals surface area contributed by atoms with E-state index in [1.807, 2.05) is 66.2 Å². The molecule has 1 N–H and O–H groups in total. The van der Waals surface area contributed by atoms with Gasteiger partial charge in [-0.25, -0.2) is 4.98 Å². The summed E-state index contributed by atoms with van der Waals surface area (Å²) in [7, 11) is 0. The van der Waals surface area contributed by atoms with Crippen LogP contribution in [0.1, 0.15) is 18.9 Å². The zero-order valence-electron chi connectivity index (χ0n) is 13.0. The summed E-state index contributed by atoms with van der Waals surface area (Å²) < 4.78 is 1.96. The zero-order valence-corrected chi connectivity index (χ0v) is 13.7. The van der Waals surface area contributed by atoms with Crippen LogP contribution in [0.15, 0.2) is 67.3 Å². The number of hydrogen-bond acceptors (Lipinski definition) is 2. The monoisotopic (exact) mass is 326 g/mol. The van der Waals surface area contributed by atoms with Crippen LogP contribution in [0, 0.1) is 0 Å². The Kier molecular flexibility index (Phi) is 4.51. The van der Waals surface area contributed by atoms with Crippen molar-refractivity contribution in [3.8, 4) is 11.1 Å². The molecular formula is C19H19ClN2O. The van der Waals surface area contributed by atoms with Crippen molar-refractivity contribution in [1.82, 2.24) is 9.55 Å². The Morgan fingerprint density at radius 2 is 1.87 bits per heavy atom. The van der Waals surface area contributed by atoms with E-state index in [1.54, 1.807) is 12.5 Å². The van der Waals surface area contributed by atoms with Gasteiger partial charge in [0.05, 0.1) is 11.9 Å². The van der Waals surface area contributed by atoms with Crippen LogP contribution in [0.3, 0.4) is 0 Å². The second-order valence-electron chi connectivity index (χ2n) is 5.88. The molecule has 118 valence electrons. The number of benzene rings is 2. The van der Waals surface area contributed by atoms with Crippen molar-refractivity contribution in [1.29, 1.82) is 0 Å². The standard InChI is InChI=1S/C19H19ClN2O/c1-19(23,10-12-22-13-11-21-14-22)16-8-6-15(7-9-16)17-4-2-3-5-18(17)20/h2-9,11,13-14,23H,10,12H2,1H3. The Bertz CT molecular complexity index is 764. The average Bonchev–Trinajstić information content (AvgIpc) is 3.07. The predicted molar refractivity (Wildman–Crippen MR) is 93.3 cm³/mol. The lowest BCUT2D eigenvalue weighted by Crippen LogP contribution is -2.23. The van der Waals surface area contributed by atoms with E-state index in [0.29, 0.717) is 6.42 Å². The normalized spacial score (nSPS) is 13.7. The van der Waals surface area contributed by atoms with E-state index in [-0.39, 0.29) is 0 Å². The molecule has 3 rings (SSSR count). The first-order valence-electron chi connectivity index (χ1n) is 7.60. The van der Waals surface area contributed by atoms with E-state index < -0.39 is 5.60 Å². The van der Waals surface area contributed by atoms with E-state index in [0.717, 1.165) is 28.3 Å². The number of nitrogens with zero attached hydrogens (tertiary/aromatic N) is 2. The van der Waals surface area contributed by atoms with Crippen molar-refractivity contribution < 1.29 is 5.11 Å². The van der Waals surface area contributed by atoms with Crippen molar-refractivity contribution in [3.63, 3.8) is 0 Å². The molecule has 0 spiro atoms. The smallest absolute Gasteiger partial charge is 0.0945 e. The Morgan fingerprint density at radius 1 is 1.13 bits per heavy atom. The van der Waals surface area contributed by atoms with Crippen LogP contribution in [0.2, 0.25) is 5.02 Å². The fraction of sp³-hybridized carbons (Fsp3) is 0.211. The molecule has 0 fully saturated rings. The molecule has 2 aromatic carbocycles. The minimum Gasteiger partial charge on any atom is -0.385 e. The van der Waals surface area contributed by atoms with Crippen molar-refractivity contribution in [2.75, 3.05) is 0 Å². The minimum absolute atomic E-state index is 0.620. The molecule has 1 heterocycles. The molecule has 0 radical (unpaired) electrons. The largest absolute Gasteiger partial charge is 0.385 e. The number of rotatable bonds is 5. The maximum Gasteiger partial charge on any atom is 0.0945 e. The Morgan fingerprint density at radius 3 is 2.52 bits per heavy atom. The molecule has 0 bridgehead atoms. The zero-order chi connectivity index (χ0) is 16.3. The van der Waals surface area contributed by atoms with Gasteiger partial charge >= 0.3 is 0 Å². The summed E-state index contributed by atoms with van der Waals surface area (Å²) in [5, 5.41) is 11.5. The van der Waals surface area contributed by atoms with Crippen LogP contribution in [-0.4, -0.2) is 14.7 Å². The van der Waals surface area contributed by atoms with E-state index in [4.69, 9.17) is 11.6 Å². The maximum atomic E-state index is 10.7. The third-order valence-corrected chi connectivity index (χ3v) is 4.44. The number of hydrogen-bond donors (Lipinski definition) is 1. The third kappa shape index (κ3) is 3.63. The molecule has 23 heavy (non-hydrogen) atoms. The topological polar surface area (TPSA) is 38.0 Å². The molecule has 1 atom stereocenters. The quantitative estimate of drug-likeness (QED) is 0.749. The van der Waals surface area contributed by atoms with Crippen LogP contribution in [-0.2, 0) is 12.1 Å². The first-order valence-corrected chi connectivity index (χ1v) is 7.98. The minimum atomic E-state index is -0.886. The molecular weight excluding hydrogens is 308 g/mol. The maximum absolute atomic E-state index is 10.7. The molecule has 0 saturated heterocycles. The summed E-state index contributed by atoms with van der Waals surface area (Å²) in [6.07, 6.45) is 6.02. The van der Waals surface area contributed by atoms with Gasteiger partial charge in [0.15, 0.2) is 0 Å². The van der Waals surface area contributed by atoms with Crippen LogP contribution >= 0.6 is 11.6 Å². The van der Waals surface area contributed by atoms with Crippen LogP contribution in [0.4, 0.5) is 0 Å². The highest BCUT2D eigenvalue weighted by atomic mass is 35.5. The molecule has 0 amide bonds. The predicted octanol–water partition coefficient (Wildman–Crippen LogP) is 4.50. The van der Waals surface area contributed by atoms with E-state index >= 15 is 0 Å². The molecule has 4 heteroatoms. The lowest BCUT2D eigenvalue weighted by Gasteiger charge is -2.24. The first-order chi connectivity index (χ1) is 11.1. The van der Waals surface area contributed by atoms with Crippen LogP contribution in [0.5, 0.6) is 0 Å². The molecule has 0 saturated carbocycles. The Labute approximate surface area is 141 Å². The van der Waals surface area contributed by atoms with Gasteiger partial charge in [-0.2, -0.15) is 0 Å². The van der Waals surface area contributed by atoms with Gasteiger partial charge in [0.2, 0.25) is 0 Å². The lowest BCUT2D eigenvalue weighted by atomic mass is 9.91. The highest BCUT2D eigenvalue weighted by Crippen LogP contribution is 2.31. The molecule has 0 aliphatic carbocycles. The number of aryl methyl sites for hydroxylation is 1. The summed E-state index contributed by atoms with van der Waals surface area (Å²) in [5.74, 6) is 0. The summed E-state index contributed by atoms with van der Waals surface area (Å²) in [4.78, 5) is 4.02. The highest BCUT2D eigenvalue weighted by molar-refractivity contribution is 6.33. The van der Waals surface area contributed by atoms with Crippen LogP contribution in [0.25, 0.3) is 11.1 Å². The van der Waals surface area contributed by atoms with Crippen molar-refractivity contribution in [3.05, 3.63) is 77.8 Å². The summed E-state index contributed by atoms with van der Waals surface area (Å²) >= 11 is 6.24. The number of aromatic nitrogens is 2. The van der Waals surface area contributed by atoms with Gasteiger partial charge in [0.1, 0.15) is 0 Å². The molecule has 0 aliphatic rings. The van der Waals surface area contributed by atoms with Crippen LogP contribution < -0.4 is 0 Å². The van der Waals surface area contributed by atoms with Gasteiger partial charge in [-0.3, -0.25) is 0 Å². The average molecular weight is 327 g/mol. The van der Waals surface area contributed by atoms with Gasteiger partial charge in [-0.15, -0.1) is 0 Å². The summed E-state index contributed by atoms with van der Waals surface area (Å²) in [6.45, 7) is 2.56. The molecule has 3 nitrogen and oxygen atoms in total. The fourth-order valence-electron chi connectivity index (χ4n) is 2.61. The summed E-state index contributed by atoms with van der Waals surface area (Å²) in [6, 6.07) is 15.7. The number of aliphatic hydroxyl groups is 1. The third-order valence-electron chi connectivity index (χ3n) is 4.11. The lowest BCUT2D eigenvalue weighted by molar-refractivity contribution is 0.0431. The van der Waals surface area contributed by atoms with Gasteiger partial charge in [-0.1, -0.05) is 54.1 Å². The van der Waals surface area contributed by atoms with Crippen molar-refractivity contribution in [2.45, 2.75) is 25.5 Å². The van der Waals surface area contributed by atoms with Crippen molar-refractivity contribution >= 4 is 11.6 Å². The van der Waals surface area contributed by atoms with Gasteiger partial charge in [-0.05, 0) is 30.5 Å². The van der Waals surface area contributed by atoms with Gasteiger partial charge in [0, 0.05) is 29.5 Å². The SMILES string of the molecule is CC(O)(CCn1ccnc1)c1ccc(-c2ccccc2Cl)cc1. The van der Waals surface area contributed by atoms with E-state index in [2.05, 4.69) is 4.98 Å². The van der Waals surface area contributed by atoms with E-state index in [9.17, 15) is 5.11 Å². The Balaban J connectivity index is 1.77. The van der Waals surface area contributed by atoms with E-state index in [1.165, 1.54) is 0 Å². The second kappa shape index (κ2) is 6.57. The fourth-order valence-corrected chi connectivity index (χ4v) is 2.86. The molecule has 1 aromatic heterocycles. The number of halogens is 1. The summed E-state index contributed by atoms with van der Waals surface area (Å²) in [5.41, 5.74) is 2.06. The molecule has 0 aliphatic heterocycles. The highest BCUT2D eigenvalue weighted by Gasteiger charge is 2.22. The van der Waals surface area contributed by atoms with Crippen molar-refractivity contribution in [2.24, 2.45) is 0 Å². The molecule has 3 aromatic rings. The second-order valence-corrected chi connectivity index (χ2v) is 6.29.